The zero-order chi connectivity index (χ0) is 14.0. The molecule has 0 spiro atoms. The molecule has 2 rings (SSSR count). The Balaban J connectivity index is 1.51. The average Bonchev–Trinajstić information content (AvgIpc) is 2.49. The van der Waals surface area contributed by atoms with Gasteiger partial charge >= 0.3 is 0 Å². The smallest absolute Gasteiger partial charge is 0.225 e. The van der Waals surface area contributed by atoms with Crippen LogP contribution in [-0.4, -0.2) is 56.7 Å². The highest BCUT2D eigenvalue weighted by Gasteiger charge is 2.09. The van der Waals surface area contributed by atoms with Crippen LogP contribution in [0.4, 0.5) is 5.69 Å². The van der Waals surface area contributed by atoms with E-state index in [1.807, 2.05) is 30.3 Å². The third kappa shape index (κ3) is 5.69. The van der Waals surface area contributed by atoms with Gasteiger partial charge < -0.3 is 15.4 Å². The molecule has 0 aliphatic carbocycles. The first-order chi connectivity index (χ1) is 9.84. The van der Waals surface area contributed by atoms with E-state index >= 15 is 0 Å². The van der Waals surface area contributed by atoms with Crippen molar-refractivity contribution in [1.82, 2.24) is 10.2 Å². The fourth-order valence-corrected chi connectivity index (χ4v) is 2.13. The van der Waals surface area contributed by atoms with Gasteiger partial charge in [0.15, 0.2) is 0 Å². The van der Waals surface area contributed by atoms with Crippen LogP contribution in [0.25, 0.3) is 0 Å². The molecule has 5 nitrogen and oxygen atoms in total. The third-order valence-corrected chi connectivity index (χ3v) is 3.29. The van der Waals surface area contributed by atoms with Gasteiger partial charge in [0.05, 0.1) is 13.2 Å². The molecular weight excluding hydrogens is 254 g/mol. The Morgan fingerprint density at radius 1 is 1.15 bits per heavy atom. The Labute approximate surface area is 120 Å². The van der Waals surface area contributed by atoms with Gasteiger partial charge in [-0.25, -0.2) is 0 Å². The first-order valence-electron chi connectivity index (χ1n) is 7.20. The van der Waals surface area contributed by atoms with Gasteiger partial charge in [-0.2, -0.15) is 0 Å². The summed E-state index contributed by atoms with van der Waals surface area (Å²) in [6.45, 7) is 6.33. The van der Waals surface area contributed by atoms with Gasteiger partial charge in [-0.3, -0.25) is 9.69 Å². The zero-order valence-electron chi connectivity index (χ0n) is 11.8. The predicted octanol–water partition coefficient (Wildman–Crippen LogP) is 0.937. The number of benzene rings is 1. The zero-order valence-corrected chi connectivity index (χ0v) is 11.8. The van der Waals surface area contributed by atoms with Crippen LogP contribution in [-0.2, 0) is 9.53 Å². The number of carbonyl (C=O) groups excluding carboxylic acids is 1. The lowest BCUT2D eigenvalue weighted by Crippen LogP contribution is -2.40. The molecule has 2 N–H and O–H groups in total. The van der Waals surface area contributed by atoms with Gasteiger partial charge in [-0.05, 0) is 12.1 Å². The molecule has 1 saturated heterocycles. The minimum Gasteiger partial charge on any atom is -0.379 e. The lowest BCUT2D eigenvalue weighted by Gasteiger charge is -2.26. The molecule has 5 heteroatoms. The Hall–Kier alpha value is -1.43. The van der Waals surface area contributed by atoms with E-state index < -0.39 is 0 Å². The van der Waals surface area contributed by atoms with Crippen molar-refractivity contribution in [2.24, 2.45) is 0 Å². The molecule has 1 aromatic rings. The van der Waals surface area contributed by atoms with Crippen LogP contribution in [0.5, 0.6) is 0 Å². The van der Waals surface area contributed by atoms with Crippen LogP contribution in [0.3, 0.4) is 0 Å². The molecule has 0 saturated carbocycles. The van der Waals surface area contributed by atoms with E-state index in [0.29, 0.717) is 13.0 Å². The number of para-hydroxylation sites is 1. The number of nitrogens with one attached hydrogen (secondary N) is 2. The van der Waals surface area contributed by atoms with E-state index in [9.17, 15) is 4.79 Å². The Bertz CT molecular complexity index is 391. The number of ether oxygens (including phenoxy) is 1. The van der Waals surface area contributed by atoms with Gasteiger partial charge in [-0.1, -0.05) is 18.2 Å². The molecule has 110 valence electrons. The minimum absolute atomic E-state index is 0.0510. The van der Waals surface area contributed by atoms with Crippen LogP contribution in [0.15, 0.2) is 30.3 Å². The molecular formula is C15H23N3O2. The SMILES string of the molecule is O=C(CCNCCN1CCOCC1)Nc1ccccc1. The van der Waals surface area contributed by atoms with Gasteiger partial charge in [0.1, 0.15) is 0 Å². The van der Waals surface area contributed by atoms with Crippen LogP contribution >= 0.6 is 0 Å². The monoisotopic (exact) mass is 277 g/mol. The summed E-state index contributed by atoms with van der Waals surface area (Å²) < 4.78 is 5.30. The summed E-state index contributed by atoms with van der Waals surface area (Å²) >= 11 is 0. The highest BCUT2D eigenvalue weighted by Crippen LogP contribution is 2.04. The first kappa shape index (κ1) is 15.0. The number of hydrogen-bond acceptors (Lipinski definition) is 4. The van der Waals surface area contributed by atoms with E-state index in [2.05, 4.69) is 15.5 Å². The normalized spacial score (nSPS) is 16.0. The van der Waals surface area contributed by atoms with E-state index in [1.165, 1.54) is 0 Å². The van der Waals surface area contributed by atoms with Crippen molar-refractivity contribution in [3.05, 3.63) is 30.3 Å². The minimum atomic E-state index is 0.0510. The van der Waals surface area contributed by atoms with E-state index in [1.54, 1.807) is 0 Å². The molecule has 0 atom stereocenters. The molecule has 1 aromatic carbocycles. The fraction of sp³-hybridized carbons (Fsp3) is 0.533. The van der Waals surface area contributed by atoms with Crippen molar-refractivity contribution >= 4 is 11.6 Å². The van der Waals surface area contributed by atoms with Crippen molar-refractivity contribution in [3.8, 4) is 0 Å². The number of hydrogen-bond donors (Lipinski definition) is 2. The molecule has 0 bridgehead atoms. The second-order valence-electron chi connectivity index (χ2n) is 4.87. The molecule has 1 aliphatic heterocycles. The number of carbonyl (C=O) groups is 1. The fourth-order valence-electron chi connectivity index (χ4n) is 2.13. The van der Waals surface area contributed by atoms with Crippen LogP contribution < -0.4 is 10.6 Å². The maximum Gasteiger partial charge on any atom is 0.225 e. The van der Waals surface area contributed by atoms with Crippen molar-refractivity contribution in [3.63, 3.8) is 0 Å². The second-order valence-corrected chi connectivity index (χ2v) is 4.87. The van der Waals surface area contributed by atoms with Crippen molar-refractivity contribution in [2.45, 2.75) is 6.42 Å². The molecule has 20 heavy (non-hydrogen) atoms. The maximum atomic E-state index is 11.7. The molecule has 1 amide bonds. The third-order valence-electron chi connectivity index (χ3n) is 3.29. The number of amides is 1. The number of anilines is 1. The van der Waals surface area contributed by atoms with E-state index in [4.69, 9.17) is 4.74 Å². The number of nitrogens with zero attached hydrogens (tertiary/aromatic N) is 1. The van der Waals surface area contributed by atoms with Crippen LogP contribution in [0.2, 0.25) is 0 Å². The maximum absolute atomic E-state index is 11.7. The van der Waals surface area contributed by atoms with Crippen LogP contribution in [0, 0.1) is 0 Å². The molecule has 1 fully saturated rings. The lowest BCUT2D eigenvalue weighted by atomic mass is 10.3. The second kappa shape index (κ2) is 8.68. The van der Waals surface area contributed by atoms with Gasteiger partial charge in [-0.15, -0.1) is 0 Å². The van der Waals surface area contributed by atoms with Crippen molar-refractivity contribution < 1.29 is 9.53 Å². The summed E-state index contributed by atoms with van der Waals surface area (Å²) in [5, 5.41) is 6.18. The Morgan fingerprint density at radius 3 is 2.65 bits per heavy atom. The van der Waals surface area contributed by atoms with Crippen molar-refractivity contribution in [2.75, 3.05) is 51.3 Å². The molecule has 1 aliphatic rings. The van der Waals surface area contributed by atoms with E-state index in [-0.39, 0.29) is 5.91 Å². The summed E-state index contributed by atoms with van der Waals surface area (Å²) in [6, 6.07) is 9.54. The van der Waals surface area contributed by atoms with Crippen molar-refractivity contribution in [1.29, 1.82) is 0 Å². The topological polar surface area (TPSA) is 53.6 Å². The summed E-state index contributed by atoms with van der Waals surface area (Å²) in [5.41, 5.74) is 0.853. The standard InChI is InChI=1S/C15H23N3O2/c19-15(17-14-4-2-1-3-5-14)6-7-16-8-9-18-10-12-20-13-11-18/h1-5,16H,6-13H2,(H,17,19). The summed E-state index contributed by atoms with van der Waals surface area (Å²) in [7, 11) is 0. The summed E-state index contributed by atoms with van der Waals surface area (Å²) in [4.78, 5) is 14.1. The first-order valence-corrected chi connectivity index (χ1v) is 7.20. The quantitative estimate of drug-likeness (QED) is 0.728. The van der Waals surface area contributed by atoms with E-state index in [0.717, 1.165) is 45.1 Å². The van der Waals surface area contributed by atoms with Gasteiger partial charge in [0.25, 0.3) is 0 Å². The highest BCUT2D eigenvalue weighted by atomic mass is 16.5. The van der Waals surface area contributed by atoms with Crippen LogP contribution in [0.1, 0.15) is 6.42 Å². The van der Waals surface area contributed by atoms with Gasteiger partial charge in [0.2, 0.25) is 5.91 Å². The predicted molar refractivity (Wildman–Crippen MR) is 79.8 cm³/mol. The highest BCUT2D eigenvalue weighted by molar-refractivity contribution is 5.90. The van der Waals surface area contributed by atoms with Gasteiger partial charge in [0, 0.05) is 44.8 Å². The molecule has 0 radical (unpaired) electrons. The summed E-state index contributed by atoms with van der Waals surface area (Å²) in [5.74, 6) is 0.0510. The lowest BCUT2D eigenvalue weighted by molar-refractivity contribution is -0.116. The molecule has 1 heterocycles. The average molecular weight is 277 g/mol. The summed E-state index contributed by atoms with van der Waals surface area (Å²) in [6.07, 6.45) is 0.498. The number of rotatable bonds is 7. The number of morpholine rings is 1. The Kier molecular flexibility index (Phi) is 6.50. The molecule has 0 aromatic heterocycles. The Morgan fingerprint density at radius 2 is 1.90 bits per heavy atom. The molecule has 0 unspecified atom stereocenters. The largest absolute Gasteiger partial charge is 0.379 e.